The zero-order chi connectivity index (χ0) is 18.2. The van der Waals surface area contributed by atoms with Crippen LogP contribution in [0.5, 0.6) is 11.5 Å². The molecule has 3 rings (SSSR count). The van der Waals surface area contributed by atoms with Crippen molar-refractivity contribution in [3.63, 3.8) is 0 Å². The summed E-state index contributed by atoms with van der Waals surface area (Å²) in [6.07, 6.45) is 0. The van der Waals surface area contributed by atoms with Gasteiger partial charge in [-0.2, -0.15) is 0 Å². The highest BCUT2D eigenvalue weighted by Gasteiger charge is 2.59. The summed E-state index contributed by atoms with van der Waals surface area (Å²) < 4.78 is 10.6. The SMILES string of the molecule is COc1cccc([C@H]2[C@H](NC(=O)c3cc(Cl)ccc3OC)C2(C)C)c1. The predicted octanol–water partition coefficient (Wildman–Crippen LogP) is 4.28. The van der Waals surface area contributed by atoms with Gasteiger partial charge in [0.05, 0.1) is 19.8 Å². The van der Waals surface area contributed by atoms with E-state index in [9.17, 15) is 4.79 Å². The summed E-state index contributed by atoms with van der Waals surface area (Å²) in [5.41, 5.74) is 1.57. The van der Waals surface area contributed by atoms with Gasteiger partial charge in [0.1, 0.15) is 11.5 Å². The number of amides is 1. The summed E-state index contributed by atoms with van der Waals surface area (Å²) in [5.74, 6) is 1.39. The third kappa shape index (κ3) is 3.31. The number of hydrogen-bond acceptors (Lipinski definition) is 3. The molecule has 4 nitrogen and oxygen atoms in total. The molecule has 2 aromatic rings. The van der Waals surface area contributed by atoms with E-state index in [2.05, 4.69) is 25.2 Å². The van der Waals surface area contributed by atoms with Gasteiger partial charge in [0, 0.05) is 17.0 Å². The molecule has 0 bridgehead atoms. The van der Waals surface area contributed by atoms with Crippen LogP contribution in [0.2, 0.25) is 5.02 Å². The molecule has 5 heteroatoms. The molecule has 0 heterocycles. The Balaban J connectivity index is 1.81. The van der Waals surface area contributed by atoms with Crippen molar-refractivity contribution in [2.75, 3.05) is 14.2 Å². The Hall–Kier alpha value is -2.20. The number of hydrogen-bond donors (Lipinski definition) is 1. The first kappa shape index (κ1) is 17.6. The van der Waals surface area contributed by atoms with Gasteiger partial charge in [0.2, 0.25) is 0 Å². The van der Waals surface area contributed by atoms with E-state index >= 15 is 0 Å². The topological polar surface area (TPSA) is 47.6 Å². The lowest BCUT2D eigenvalue weighted by Crippen LogP contribution is -2.29. The lowest BCUT2D eigenvalue weighted by atomic mass is 10.0. The normalized spacial score (nSPS) is 20.7. The van der Waals surface area contributed by atoms with E-state index < -0.39 is 0 Å². The fourth-order valence-corrected chi connectivity index (χ4v) is 3.61. The smallest absolute Gasteiger partial charge is 0.255 e. The molecule has 1 aliphatic rings. The molecular formula is C20H22ClNO3. The van der Waals surface area contributed by atoms with Crippen LogP contribution in [0.4, 0.5) is 0 Å². The molecule has 0 radical (unpaired) electrons. The number of methoxy groups -OCH3 is 2. The number of ether oxygens (including phenoxy) is 2. The molecular weight excluding hydrogens is 338 g/mol. The molecule has 1 N–H and O–H groups in total. The second-order valence-electron chi connectivity index (χ2n) is 6.87. The molecule has 0 saturated heterocycles. The summed E-state index contributed by atoms with van der Waals surface area (Å²) in [6.45, 7) is 4.30. The molecule has 1 fully saturated rings. The quantitative estimate of drug-likeness (QED) is 0.866. The summed E-state index contributed by atoms with van der Waals surface area (Å²) in [4.78, 5) is 12.7. The first-order valence-electron chi connectivity index (χ1n) is 8.17. The van der Waals surface area contributed by atoms with Crippen LogP contribution < -0.4 is 14.8 Å². The minimum Gasteiger partial charge on any atom is -0.497 e. The average molecular weight is 360 g/mol. The third-order valence-electron chi connectivity index (χ3n) is 4.97. The molecule has 2 aromatic carbocycles. The summed E-state index contributed by atoms with van der Waals surface area (Å²) in [6, 6.07) is 13.1. The first-order chi connectivity index (χ1) is 11.9. The van der Waals surface area contributed by atoms with Crippen LogP contribution >= 0.6 is 11.6 Å². The molecule has 25 heavy (non-hydrogen) atoms. The lowest BCUT2D eigenvalue weighted by molar-refractivity contribution is 0.0943. The van der Waals surface area contributed by atoms with Crippen molar-refractivity contribution in [2.45, 2.75) is 25.8 Å². The highest BCUT2D eigenvalue weighted by Crippen LogP contribution is 2.59. The maximum absolute atomic E-state index is 12.7. The van der Waals surface area contributed by atoms with Crippen LogP contribution in [-0.2, 0) is 0 Å². The number of carbonyl (C=O) groups excluding carboxylic acids is 1. The number of rotatable bonds is 5. The molecule has 1 amide bonds. The standard InChI is InChI=1S/C20H22ClNO3/c1-20(2)17(12-6-5-7-14(10-12)24-3)18(20)22-19(23)15-11-13(21)8-9-16(15)25-4/h5-11,17-18H,1-4H3,(H,22,23)/t17-,18-/m0/s1. The summed E-state index contributed by atoms with van der Waals surface area (Å²) in [5, 5.41) is 3.63. The second-order valence-corrected chi connectivity index (χ2v) is 7.31. The molecule has 132 valence electrons. The minimum absolute atomic E-state index is 0.0339. The maximum atomic E-state index is 12.7. The van der Waals surface area contributed by atoms with Crippen LogP contribution in [0.1, 0.15) is 35.7 Å². The van der Waals surface area contributed by atoms with Crippen LogP contribution in [0.15, 0.2) is 42.5 Å². The fraction of sp³-hybridized carbons (Fsp3) is 0.350. The van der Waals surface area contributed by atoms with Crippen LogP contribution in [-0.4, -0.2) is 26.2 Å². The van der Waals surface area contributed by atoms with E-state index in [-0.39, 0.29) is 23.3 Å². The molecule has 0 aromatic heterocycles. The molecule has 0 spiro atoms. The van der Waals surface area contributed by atoms with Gasteiger partial charge in [-0.25, -0.2) is 0 Å². The molecule has 0 aliphatic heterocycles. The maximum Gasteiger partial charge on any atom is 0.255 e. The van der Waals surface area contributed by atoms with Crippen molar-refractivity contribution in [1.82, 2.24) is 5.32 Å². The molecule has 1 aliphatic carbocycles. The predicted molar refractivity (Wildman–Crippen MR) is 98.8 cm³/mol. The van der Waals surface area contributed by atoms with Gasteiger partial charge in [-0.1, -0.05) is 37.6 Å². The van der Waals surface area contributed by atoms with Crippen LogP contribution in [0.25, 0.3) is 0 Å². The van der Waals surface area contributed by atoms with Gasteiger partial charge in [0.25, 0.3) is 5.91 Å². The number of nitrogens with one attached hydrogen (secondary N) is 1. The van der Waals surface area contributed by atoms with Crippen molar-refractivity contribution in [3.8, 4) is 11.5 Å². The van der Waals surface area contributed by atoms with E-state index in [0.29, 0.717) is 16.3 Å². The van der Waals surface area contributed by atoms with Crippen molar-refractivity contribution in [2.24, 2.45) is 5.41 Å². The van der Waals surface area contributed by atoms with Crippen molar-refractivity contribution < 1.29 is 14.3 Å². The average Bonchev–Trinajstić information content (AvgIpc) is 3.14. The highest BCUT2D eigenvalue weighted by molar-refractivity contribution is 6.31. The zero-order valence-electron chi connectivity index (χ0n) is 14.8. The number of halogens is 1. The van der Waals surface area contributed by atoms with E-state index in [1.807, 2.05) is 18.2 Å². The number of carbonyl (C=O) groups is 1. The van der Waals surface area contributed by atoms with Crippen LogP contribution in [0.3, 0.4) is 0 Å². The van der Waals surface area contributed by atoms with Gasteiger partial charge in [-0.05, 0) is 41.3 Å². The van der Waals surface area contributed by atoms with Gasteiger partial charge in [-0.15, -0.1) is 0 Å². The Morgan fingerprint density at radius 1 is 1.12 bits per heavy atom. The molecule has 1 saturated carbocycles. The zero-order valence-corrected chi connectivity index (χ0v) is 15.6. The van der Waals surface area contributed by atoms with E-state index in [4.69, 9.17) is 21.1 Å². The lowest BCUT2D eigenvalue weighted by Gasteiger charge is -2.10. The Labute approximate surface area is 153 Å². The molecule has 0 unspecified atom stereocenters. The van der Waals surface area contributed by atoms with Gasteiger partial charge in [0.15, 0.2) is 0 Å². The Morgan fingerprint density at radius 2 is 1.88 bits per heavy atom. The Morgan fingerprint density at radius 3 is 2.56 bits per heavy atom. The van der Waals surface area contributed by atoms with Gasteiger partial charge >= 0.3 is 0 Å². The monoisotopic (exact) mass is 359 g/mol. The summed E-state index contributed by atoms with van der Waals surface area (Å²) >= 11 is 6.03. The van der Waals surface area contributed by atoms with Gasteiger partial charge < -0.3 is 14.8 Å². The van der Waals surface area contributed by atoms with Crippen molar-refractivity contribution >= 4 is 17.5 Å². The highest BCUT2D eigenvalue weighted by atomic mass is 35.5. The Kier molecular flexibility index (Phi) is 4.65. The first-order valence-corrected chi connectivity index (χ1v) is 8.54. The van der Waals surface area contributed by atoms with Crippen LogP contribution in [0, 0.1) is 5.41 Å². The largest absolute Gasteiger partial charge is 0.497 e. The van der Waals surface area contributed by atoms with E-state index in [0.717, 1.165) is 11.3 Å². The van der Waals surface area contributed by atoms with Gasteiger partial charge in [-0.3, -0.25) is 4.79 Å². The fourth-order valence-electron chi connectivity index (χ4n) is 3.44. The van der Waals surface area contributed by atoms with E-state index in [1.165, 1.54) is 0 Å². The van der Waals surface area contributed by atoms with Crippen molar-refractivity contribution in [3.05, 3.63) is 58.6 Å². The summed E-state index contributed by atoms with van der Waals surface area (Å²) in [7, 11) is 3.20. The Bertz CT molecular complexity index is 803. The minimum atomic E-state index is -0.178. The third-order valence-corrected chi connectivity index (χ3v) is 5.21. The molecule has 2 atom stereocenters. The van der Waals surface area contributed by atoms with Crippen molar-refractivity contribution in [1.29, 1.82) is 0 Å². The second kappa shape index (κ2) is 6.60. The number of benzene rings is 2. The van der Waals surface area contributed by atoms with E-state index in [1.54, 1.807) is 32.4 Å².